The van der Waals surface area contributed by atoms with Crippen LogP contribution >= 0.6 is 0 Å². The fourth-order valence-electron chi connectivity index (χ4n) is 4.75. The van der Waals surface area contributed by atoms with Crippen molar-refractivity contribution in [3.8, 4) is 45.1 Å². The highest BCUT2D eigenvalue weighted by molar-refractivity contribution is 6.03. The zero-order valence-corrected chi connectivity index (χ0v) is 22.4. The van der Waals surface area contributed by atoms with Crippen LogP contribution in [0.2, 0.25) is 0 Å². The van der Waals surface area contributed by atoms with Crippen molar-refractivity contribution in [2.24, 2.45) is 0 Å². The third-order valence-corrected chi connectivity index (χ3v) is 6.80. The summed E-state index contributed by atoms with van der Waals surface area (Å²) in [4.78, 5) is 15.5. The van der Waals surface area contributed by atoms with Crippen LogP contribution in [0.4, 0.5) is 0 Å². The zero-order valence-electron chi connectivity index (χ0n) is 22.4. The lowest BCUT2D eigenvalue weighted by Gasteiger charge is -2.26. The molecule has 2 heterocycles. The molecule has 202 valence electrons. The van der Waals surface area contributed by atoms with Crippen molar-refractivity contribution in [2.75, 3.05) is 26.3 Å². The largest absolute Gasteiger partial charge is 0.507 e. The third kappa shape index (κ3) is 5.82. The molecule has 0 unspecified atom stereocenters. The maximum Gasteiger partial charge on any atom is 0.274 e. The smallest absolute Gasteiger partial charge is 0.274 e. The molecule has 1 aliphatic rings. The highest BCUT2D eigenvalue weighted by Gasteiger charge is 2.27. The molecular formula is C31H33N3O5. The van der Waals surface area contributed by atoms with E-state index < -0.39 is 0 Å². The monoisotopic (exact) mass is 527 g/mol. The van der Waals surface area contributed by atoms with Crippen LogP contribution in [0.3, 0.4) is 0 Å². The predicted molar refractivity (Wildman–Crippen MR) is 150 cm³/mol. The SMILES string of the molecule is Cc1ccc(-c2cc(-c3onc(C(=O)NC(C)C)c3-c3ccc(CN4CCOCC4)cc3)c(O)cc2O)cc1. The van der Waals surface area contributed by atoms with Gasteiger partial charge in [0.2, 0.25) is 0 Å². The van der Waals surface area contributed by atoms with Gasteiger partial charge < -0.3 is 24.8 Å². The van der Waals surface area contributed by atoms with Crippen LogP contribution in [0.1, 0.15) is 35.5 Å². The summed E-state index contributed by atoms with van der Waals surface area (Å²) in [5.41, 5.74) is 5.20. The van der Waals surface area contributed by atoms with E-state index in [1.54, 1.807) is 6.07 Å². The molecule has 39 heavy (non-hydrogen) atoms. The van der Waals surface area contributed by atoms with Crippen molar-refractivity contribution in [2.45, 2.75) is 33.4 Å². The lowest BCUT2D eigenvalue weighted by Crippen LogP contribution is -2.35. The van der Waals surface area contributed by atoms with Crippen molar-refractivity contribution in [3.05, 3.63) is 77.5 Å². The van der Waals surface area contributed by atoms with Crippen LogP contribution in [0, 0.1) is 6.92 Å². The van der Waals surface area contributed by atoms with Crippen LogP contribution in [0.15, 0.2) is 65.2 Å². The van der Waals surface area contributed by atoms with Gasteiger partial charge in [-0.1, -0.05) is 59.3 Å². The Morgan fingerprint density at radius 2 is 1.59 bits per heavy atom. The number of phenolic OH excluding ortho intramolecular Hbond substituents is 2. The van der Waals surface area contributed by atoms with E-state index in [-0.39, 0.29) is 34.9 Å². The van der Waals surface area contributed by atoms with Gasteiger partial charge >= 0.3 is 0 Å². The first-order valence-corrected chi connectivity index (χ1v) is 13.1. The van der Waals surface area contributed by atoms with Gasteiger partial charge in [0.15, 0.2) is 11.5 Å². The molecule has 0 saturated carbocycles. The molecule has 0 radical (unpaired) electrons. The van der Waals surface area contributed by atoms with Gasteiger partial charge in [-0.05, 0) is 43.5 Å². The summed E-state index contributed by atoms with van der Waals surface area (Å²) in [6.07, 6.45) is 0. The molecule has 3 N–H and O–H groups in total. The molecule has 1 amide bonds. The average molecular weight is 528 g/mol. The first-order chi connectivity index (χ1) is 18.8. The Bertz CT molecular complexity index is 1450. The minimum absolute atomic E-state index is 0.0635. The Morgan fingerprint density at radius 3 is 2.26 bits per heavy atom. The molecule has 1 aromatic heterocycles. The summed E-state index contributed by atoms with van der Waals surface area (Å²) in [5.74, 6) is -0.368. The minimum Gasteiger partial charge on any atom is -0.507 e. The number of aromatic nitrogens is 1. The number of aryl methyl sites for hydroxylation is 1. The van der Waals surface area contributed by atoms with Crippen LogP contribution in [-0.4, -0.2) is 58.5 Å². The van der Waals surface area contributed by atoms with Gasteiger partial charge in [-0.15, -0.1) is 0 Å². The molecule has 1 fully saturated rings. The maximum atomic E-state index is 13.1. The van der Waals surface area contributed by atoms with Crippen molar-refractivity contribution in [1.29, 1.82) is 0 Å². The lowest BCUT2D eigenvalue weighted by molar-refractivity contribution is 0.0342. The van der Waals surface area contributed by atoms with Crippen LogP contribution in [-0.2, 0) is 11.3 Å². The molecular weight excluding hydrogens is 494 g/mol. The number of ether oxygens (including phenoxy) is 1. The van der Waals surface area contributed by atoms with Gasteiger partial charge in [0.05, 0.1) is 24.3 Å². The summed E-state index contributed by atoms with van der Waals surface area (Å²) >= 11 is 0. The second-order valence-electron chi connectivity index (χ2n) is 10.2. The molecule has 8 heteroatoms. The summed E-state index contributed by atoms with van der Waals surface area (Å²) < 4.78 is 11.2. The number of amides is 1. The fourth-order valence-corrected chi connectivity index (χ4v) is 4.75. The Kier molecular flexibility index (Phi) is 7.67. The van der Waals surface area contributed by atoms with E-state index in [1.807, 2.05) is 69.3 Å². The molecule has 8 nitrogen and oxygen atoms in total. The van der Waals surface area contributed by atoms with E-state index in [2.05, 4.69) is 15.4 Å². The second kappa shape index (κ2) is 11.3. The Balaban J connectivity index is 1.58. The van der Waals surface area contributed by atoms with Gasteiger partial charge in [0, 0.05) is 37.3 Å². The highest BCUT2D eigenvalue weighted by atomic mass is 16.5. The summed E-state index contributed by atoms with van der Waals surface area (Å²) in [6, 6.07) is 18.5. The van der Waals surface area contributed by atoms with E-state index in [4.69, 9.17) is 9.26 Å². The molecule has 5 rings (SSSR count). The van der Waals surface area contributed by atoms with E-state index in [1.165, 1.54) is 6.07 Å². The van der Waals surface area contributed by atoms with Gasteiger partial charge in [-0.25, -0.2) is 0 Å². The number of hydrogen-bond donors (Lipinski definition) is 3. The number of nitrogens with zero attached hydrogens (tertiary/aromatic N) is 2. The van der Waals surface area contributed by atoms with Gasteiger partial charge in [-0.3, -0.25) is 9.69 Å². The van der Waals surface area contributed by atoms with Crippen molar-refractivity contribution >= 4 is 5.91 Å². The number of rotatable bonds is 7. The van der Waals surface area contributed by atoms with E-state index in [0.29, 0.717) is 16.7 Å². The van der Waals surface area contributed by atoms with Gasteiger partial charge in [-0.2, -0.15) is 0 Å². The Labute approximate surface area is 227 Å². The third-order valence-electron chi connectivity index (χ3n) is 6.80. The fraction of sp³-hybridized carbons (Fsp3) is 0.290. The second-order valence-corrected chi connectivity index (χ2v) is 10.2. The van der Waals surface area contributed by atoms with Crippen LogP contribution < -0.4 is 5.32 Å². The normalized spacial score (nSPS) is 14.1. The highest BCUT2D eigenvalue weighted by Crippen LogP contribution is 2.44. The molecule has 3 aromatic carbocycles. The number of benzene rings is 3. The first kappa shape index (κ1) is 26.5. The molecule has 0 aliphatic carbocycles. The van der Waals surface area contributed by atoms with Gasteiger partial charge in [0.25, 0.3) is 5.91 Å². The number of nitrogens with one attached hydrogen (secondary N) is 1. The molecule has 4 aromatic rings. The first-order valence-electron chi connectivity index (χ1n) is 13.1. The number of carbonyl (C=O) groups excluding carboxylic acids is 1. The number of carbonyl (C=O) groups is 1. The van der Waals surface area contributed by atoms with E-state index >= 15 is 0 Å². The van der Waals surface area contributed by atoms with Crippen molar-refractivity contribution in [3.63, 3.8) is 0 Å². The maximum absolute atomic E-state index is 13.1. The Hall–Kier alpha value is -4.14. The number of hydrogen-bond acceptors (Lipinski definition) is 7. The topological polar surface area (TPSA) is 108 Å². The van der Waals surface area contributed by atoms with Gasteiger partial charge in [0.1, 0.15) is 11.5 Å². The minimum atomic E-state index is -0.371. The zero-order chi connectivity index (χ0) is 27.5. The van der Waals surface area contributed by atoms with Crippen LogP contribution in [0.25, 0.3) is 33.6 Å². The molecule has 0 bridgehead atoms. The van der Waals surface area contributed by atoms with Crippen LogP contribution in [0.5, 0.6) is 11.5 Å². The van der Waals surface area contributed by atoms with E-state index in [9.17, 15) is 15.0 Å². The van der Waals surface area contributed by atoms with E-state index in [0.717, 1.165) is 55.1 Å². The predicted octanol–water partition coefficient (Wildman–Crippen LogP) is 5.37. The average Bonchev–Trinajstić information content (AvgIpc) is 3.35. The van der Waals surface area contributed by atoms with Crippen molar-refractivity contribution < 1.29 is 24.3 Å². The number of phenols is 2. The quantitative estimate of drug-likeness (QED) is 0.297. The number of aromatic hydroxyl groups is 2. The van der Waals surface area contributed by atoms with Crippen molar-refractivity contribution in [1.82, 2.24) is 15.4 Å². The molecule has 0 spiro atoms. The standard InChI is InChI=1S/C31H33N3O5/c1-19(2)32-31(37)29-28(23-10-6-21(7-11-23)18-34-12-14-38-15-13-34)30(39-33-29)25-16-24(26(35)17-27(25)36)22-8-4-20(3)5-9-22/h4-11,16-17,19,35-36H,12-15,18H2,1-3H3,(H,32,37). The molecule has 1 saturated heterocycles. The summed E-state index contributed by atoms with van der Waals surface area (Å²) in [5, 5.41) is 28.6. The summed E-state index contributed by atoms with van der Waals surface area (Å²) in [6.45, 7) is 9.79. The number of morpholine rings is 1. The Morgan fingerprint density at radius 1 is 0.949 bits per heavy atom. The summed E-state index contributed by atoms with van der Waals surface area (Å²) in [7, 11) is 0. The molecule has 1 aliphatic heterocycles. The lowest BCUT2D eigenvalue weighted by atomic mass is 9.94. The molecule has 0 atom stereocenters.